The summed E-state index contributed by atoms with van der Waals surface area (Å²) in [4.78, 5) is 2.01. The lowest BCUT2D eigenvalue weighted by atomic mass is 9.44. The molecule has 1 spiro atoms. The summed E-state index contributed by atoms with van der Waals surface area (Å²) in [5.74, 6) is 0. The van der Waals surface area contributed by atoms with Gasteiger partial charge in [-0.25, -0.2) is 0 Å². The summed E-state index contributed by atoms with van der Waals surface area (Å²) in [7, 11) is 0. The van der Waals surface area contributed by atoms with Gasteiger partial charge >= 0.3 is 0 Å². The smallest absolute Gasteiger partial charge is 0.194 e. The van der Waals surface area contributed by atoms with E-state index in [0.717, 1.165) is 5.56 Å². The Morgan fingerprint density at radius 2 is 1.72 bits per heavy atom. The van der Waals surface area contributed by atoms with Gasteiger partial charge < -0.3 is 4.74 Å². The van der Waals surface area contributed by atoms with Crippen molar-refractivity contribution in [1.29, 1.82) is 21.0 Å². The molecule has 6 nitrogen and oxygen atoms in total. The van der Waals surface area contributed by atoms with Crippen molar-refractivity contribution >= 4 is 0 Å². The highest BCUT2D eigenvalue weighted by molar-refractivity contribution is 5.53. The second-order valence-corrected chi connectivity index (χ2v) is 6.79. The Bertz CT molecular complexity index is 810. The van der Waals surface area contributed by atoms with Gasteiger partial charge in [-0.1, -0.05) is 30.3 Å². The molecule has 0 radical (unpaired) electrons. The van der Waals surface area contributed by atoms with Crippen molar-refractivity contribution in [3.8, 4) is 24.3 Å². The van der Waals surface area contributed by atoms with Gasteiger partial charge in [-0.3, -0.25) is 4.90 Å². The summed E-state index contributed by atoms with van der Waals surface area (Å²) >= 11 is 0. The van der Waals surface area contributed by atoms with Crippen LogP contribution in [-0.4, -0.2) is 29.6 Å². The van der Waals surface area contributed by atoms with E-state index in [1.54, 1.807) is 0 Å². The first-order valence-electron chi connectivity index (χ1n) is 8.08. The first-order chi connectivity index (χ1) is 12.0. The molecular formula is C19H17N5O. The summed E-state index contributed by atoms with van der Waals surface area (Å²) < 4.78 is 5.75. The van der Waals surface area contributed by atoms with Crippen molar-refractivity contribution in [3.05, 3.63) is 35.9 Å². The van der Waals surface area contributed by atoms with Gasteiger partial charge in [-0.15, -0.1) is 0 Å². The van der Waals surface area contributed by atoms with Gasteiger partial charge in [0.1, 0.15) is 0 Å². The first-order valence-corrected chi connectivity index (χ1v) is 8.08. The standard InChI is InChI=1S/C19H17N5O/c1-15(7-25-8-16-5-3-2-4-6-16)24-14-19(24)9-17(10-20,11-21)18(19,12-22)13-23/h2-6,15H,7-9,14H2,1H3/t15-,19+,24?/m1/s1. The van der Waals surface area contributed by atoms with E-state index in [-0.39, 0.29) is 12.5 Å². The lowest BCUT2D eigenvalue weighted by Gasteiger charge is -2.50. The van der Waals surface area contributed by atoms with Gasteiger partial charge in [0.05, 0.1) is 43.0 Å². The number of nitrogens with zero attached hydrogens (tertiary/aromatic N) is 5. The third kappa shape index (κ3) is 2.13. The van der Waals surface area contributed by atoms with Crippen LogP contribution in [0.25, 0.3) is 0 Å². The second-order valence-electron chi connectivity index (χ2n) is 6.79. The van der Waals surface area contributed by atoms with Gasteiger partial charge in [0.2, 0.25) is 0 Å². The normalized spacial score (nSPS) is 28.4. The molecule has 2 fully saturated rings. The molecule has 124 valence electrons. The van der Waals surface area contributed by atoms with Crippen molar-refractivity contribution in [1.82, 2.24) is 4.90 Å². The van der Waals surface area contributed by atoms with Crippen molar-refractivity contribution in [2.75, 3.05) is 13.2 Å². The third-order valence-corrected chi connectivity index (χ3v) is 5.49. The Labute approximate surface area is 147 Å². The third-order valence-electron chi connectivity index (χ3n) is 5.49. The zero-order chi connectivity index (χ0) is 18.1. The van der Waals surface area contributed by atoms with Crippen molar-refractivity contribution in [3.63, 3.8) is 0 Å². The van der Waals surface area contributed by atoms with Crippen molar-refractivity contribution in [2.45, 2.75) is 31.5 Å². The highest BCUT2D eigenvalue weighted by atomic mass is 16.5. The van der Waals surface area contributed by atoms with Crippen LogP contribution in [0, 0.1) is 56.2 Å². The number of hydrogen-bond acceptors (Lipinski definition) is 6. The molecule has 1 aromatic carbocycles. The molecule has 3 rings (SSSR count). The summed E-state index contributed by atoms with van der Waals surface area (Å²) in [5, 5.41) is 37.9. The molecule has 0 N–H and O–H groups in total. The molecule has 25 heavy (non-hydrogen) atoms. The van der Waals surface area contributed by atoms with Crippen LogP contribution in [0.5, 0.6) is 0 Å². The van der Waals surface area contributed by atoms with Gasteiger partial charge in [-0.2, -0.15) is 21.0 Å². The average molecular weight is 331 g/mol. The largest absolute Gasteiger partial charge is 0.375 e. The van der Waals surface area contributed by atoms with E-state index in [9.17, 15) is 21.0 Å². The van der Waals surface area contributed by atoms with E-state index in [2.05, 4.69) is 0 Å². The van der Waals surface area contributed by atoms with E-state index in [0.29, 0.717) is 19.8 Å². The molecule has 1 saturated heterocycles. The van der Waals surface area contributed by atoms with Crippen LogP contribution in [0.15, 0.2) is 30.3 Å². The molecular weight excluding hydrogens is 314 g/mol. The highest BCUT2D eigenvalue weighted by Gasteiger charge is 2.85. The van der Waals surface area contributed by atoms with Crippen LogP contribution in [-0.2, 0) is 11.3 Å². The number of nitriles is 4. The predicted molar refractivity (Wildman–Crippen MR) is 86.9 cm³/mol. The summed E-state index contributed by atoms with van der Waals surface area (Å²) in [6.07, 6.45) is 0.233. The van der Waals surface area contributed by atoms with Gasteiger partial charge in [0.25, 0.3) is 0 Å². The Morgan fingerprint density at radius 1 is 1.08 bits per heavy atom. The molecule has 2 aliphatic rings. The van der Waals surface area contributed by atoms with E-state index < -0.39 is 16.4 Å². The quantitative estimate of drug-likeness (QED) is 0.765. The topological polar surface area (TPSA) is 107 Å². The minimum absolute atomic E-state index is 0.000160. The minimum Gasteiger partial charge on any atom is -0.375 e. The number of benzene rings is 1. The molecule has 0 bridgehead atoms. The Balaban J connectivity index is 1.66. The molecule has 1 aliphatic heterocycles. The van der Waals surface area contributed by atoms with E-state index >= 15 is 0 Å². The first kappa shape index (κ1) is 16.9. The molecule has 1 aromatic rings. The number of hydrogen-bond donors (Lipinski definition) is 0. The molecule has 6 heteroatoms. The zero-order valence-corrected chi connectivity index (χ0v) is 13.9. The van der Waals surface area contributed by atoms with Crippen LogP contribution >= 0.6 is 0 Å². The SMILES string of the molecule is C[C@H](COCc1ccccc1)N1C[C@]12CC(C#N)(C#N)C2(C#N)C#N. The maximum absolute atomic E-state index is 9.60. The average Bonchev–Trinajstić information content (AvgIpc) is 3.39. The fourth-order valence-corrected chi connectivity index (χ4v) is 4.02. The monoisotopic (exact) mass is 331 g/mol. The Morgan fingerprint density at radius 3 is 2.28 bits per heavy atom. The number of rotatable bonds is 5. The molecule has 3 atom stereocenters. The number of ether oxygens (including phenoxy) is 1. The Kier molecular flexibility index (Phi) is 3.98. The maximum Gasteiger partial charge on any atom is 0.194 e. The van der Waals surface area contributed by atoms with Crippen molar-refractivity contribution in [2.24, 2.45) is 10.8 Å². The van der Waals surface area contributed by atoms with Crippen LogP contribution in [0.4, 0.5) is 0 Å². The Hall–Kier alpha value is -2.90. The fourth-order valence-electron chi connectivity index (χ4n) is 4.02. The lowest BCUT2D eigenvalue weighted by molar-refractivity contribution is 0.00683. The van der Waals surface area contributed by atoms with Crippen molar-refractivity contribution < 1.29 is 4.74 Å². The molecule has 0 aromatic heterocycles. The van der Waals surface area contributed by atoms with Gasteiger partial charge in [0.15, 0.2) is 10.8 Å². The maximum atomic E-state index is 9.60. The van der Waals surface area contributed by atoms with E-state index in [1.165, 1.54) is 0 Å². The molecule has 1 unspecified atom stereocenters. The highest BCUT2D eigenvalue weighted by Crippen LogP contribution is 2.71. The van der Waals surface area contributed by atoms with Crippen LogP contribution in [0.1, 0.15) is 18.9 Å². The molecule has 1 heterocycles. The van der Waals surface area contributed by atoms with Crippen LogP contribution in [0.3, 0.4) is 0 Å². The predicted octanol–water partition coefficient (Wildman–Crippen LogP) is 2.12. The van der Waals surface area contributed by atoms with Crippen LogP contribution < -0.4 is 0 Å². The fraction of sp³-hybridized carbons (Fsp3) is 0.474. The second kappa shape index (κ2) is 5.87. The van der Waals surface area contributed by atoms with Crippen LogP contribution in [0.2, 0.25) is 0 Å². The van der Waals surface area contributed by atoms with Gasteiger partial charge in [0, 0.05) is 19.0 Å². The minimum atomic E-state index is -1.60. The molecule has 1 saturated carbocycles. The van der Waals surface area contributed by atoms with E-state index in [1.807, 2.05) is 66.4 Å². The summed E-state index contributed by atoms with van der Waals surface area (Å²) in [6, 6.07) is 17.6. The van der Waals surface area contributed by atoms with Gasteiger partial charge in [-0.05, 0) is 12.5 Å². The molecule has 1 aliphatic carbocycles. The lowest BCUT2D eigenvalue weighted by Crippen LogP contribution is -2.64. The summed E-state index contributed by atoms with van der Waals surface area (Å²) in [5.41, 5.74) is -2.76. The zero-order valence-electron chi connectivity index (χ0n) is 13.9. The van der Waals surface area contributed by atoms with E-state index in [4.69, 9.17) is 4.74 Å². The molecule has 0 amide bonds. The summed E-state index contributed by atoms with van der Waals surface area (Å²) in [6.45, 7) is 3.46.